The van der Waals surface area contributed by atoms with Gasteiger partial charge in [-0.05, 0) is 30.7 Å². The second kappa shape index (κ2) is 5.54. The number of sulfonamides is 1. The van der Waals surface area contributed by atoms with E-state index in [1.807, 2.05) is 0 Å². The molecule has 128 valence electrons. The molecular formula is C15H17N3O5S. The number of aromatic nitrogens is 2. The molecule has 2 atom stereocenters. The molecule has 0 bridgehead atoms. The van der Waals surface area contributed by atoms with Crippen molar-refractivity contribution in [3.8, 4) is 5.75 Å². The van der Waals surface area contributed by atoms with Crippen LogP contribution in [0.4, 0.5) is 0 Å². The maximum atomic E-state index is 13.1. The van der Waals surface area contributed by atoms with Crippen molar-refractivity contribution < 1.29 is 22.8 Å². The molecule has 1 aromatic heterocycles. The Morgan fingerprint density at radius 1 is 1.38 bits per heavy atom. The summed E-state index contributed by atoms with van der Waals surface area (Å²) >= 11 is 0. The van der Waals surface area contributed by atoms with Crippen LogP contribution >= 0.6 is 0 Å². The quantitative estimate of drug-likeness (QED) is 0.872. The van der Waals surface area contributed by atoms with Crippen molar-refractivity contribution in [3.63, 3.8) is 0 Å². The van der Waals surface area contributed by atoms with Gasteiger partial charge in [0.25, 0.3) is 0 Å². The van der Waals surface area contributed by atoms with E-state index in [4.69, 9.17) is 9.26 Å². The van der Waals surface area contributed by atoms with Gasteiger partial charge in [-0.25, -0.2) is 8.42 Å². The number of hydrogen-bond acceptors (Lipinski definition) is 7. The summed E-state index contributed by atoms with van der Waals surface area (Å²) in [4.78, 5) is 4.31. The van der Waals surface area contributed by atoms with E-state index in [0.717, 1.165) is 11.3 Å². The normalized spacial score (nSPS) is 24.1. The van der Waals surface area contributed by atoms with Crippen molar-refractivity contribution in [1.29, 1.82) is 0 Å². The maximum Gasteiger partial charge on any atom is 0.245 e. The van der Waals surface area contributed by atoms with Crippen LogP contribution in [0.1, 0.15) is 29.7 Å². The summed E-state index contributed by atoms with van der Waals surface area (Å²) in [7, 11) is -3.79. The van der Waals surface area contributed by atoms with E-state index in [2.05, 4.69) is 10.1 Å². The monoisotopic (exact) mass is 351 g/mol. The predicted octanol–water partition coefficient (Wildman–Crippen LogP) is 0.810. The zero-order valence-electron chi connectivity index (χ0n) is 13.0. The van der Waals surface area contributed by atoms with Gasteiger partial charge in [-0.3, -0.25) is 0 Å². The molecule has 0 aliphatic carbocycles. The molecular weight excluding hydrogens is 334 g/mol. The lowest BCUT2D eigenvalue weighted by Crippen LogP contribution is -2.32. The zero-order valence-corrected chi connectivity index (χ0v) is 13.9. The Morgan fingerprint density at radius 2 is 2.21 bits per heavy atom. The minimum Gasteiger partial charge on any atom is -0.493 e. The van der Waals surface area contributed by atoms with E-state index in [1.165, 1.54) is 10.4 Å². The molecule has 2 aromatic rings. The summed E-state index contributed by atoms with van der Waals surface area (Å²) in [5.74, 6) is 1.36. The van der Waals surface area contributed by atoms with Gasteiger partial charge in [0.2, 0.25) is 15.9 Å². The Balaban J connectivity index is 1.72. The highest BCUT2D eigenvalue weighted by atomic mass is 32.2. The van der Waals surface area contributed by atoms with Crippen LogP contribution in [-0.4, -0.2) is 47.2 Å². The molecule has 2 aliphatic heterocycles. The number of nitrogens with zero attached hydrogens (tertiary/aromatic N) is 3. The third-order valence-corrected chi connectivity index (χ3v) is 6.20. The van der Waals surface area contributed by atoms with E-state index in [9.17, 15) is 13.5 Å². The Bertz CT molecular complexity index is 879. The number of rotatable bonds is 3. The summed E-state index contributed by atoms with van der Waals surface area (Å²) in [6.45, 7) is 2.23. The highest BCUT2D eigenvalue weighted by Gasteiger charge is 2.43. The van der Waals surface area contributed by atoms with Gasteiger partial charge in [-0.15, -0.1) is 0 Å². The smallest absolute Gasteiger partial charge is 0.245 e. The Labute approximate surface area is 139 Å². The zero-order chi connectivity index (χ0) is 16.9. The molecule has 2 aliphatic rings. The number of β-amino-alcohol motifs (C(OH)–C–C–N with tert-alkyl or cyclic N) is 1. The van der Waals surface area contributed by atoms with Crippen molar-refractivity contribution in [2.75, 3.05) is 13.2 Å². The fourth-order valence-corrected chi connectivity index (χ4v) is 4.86. The largest absolute Gasteiger partial charge is 0.493 e. The molecule has 0 spiro atoms. The fourth-order valence-electron chi connectivity index (χ4n) is 3.18. The molecule has 8 nitrogen and oxygen atoms in total. The van der Waals surface area contributed by atoms with E-state index >= 15 is 0 Å². The fraction of sp³-hybridized carbons (Fsp3) is 0.467. The van der Waals surface area contributed by atoms with E-state index in [-0.39, 0.29) is 23.8 Å². The molecule has 1 N–H and O–H groups in total. The minimum atomic E-state index is -3.79. The third kappa shape index (κ3) is 2.48. The lowest BCUT2D eigenvalue weighted by molar-refractivity contribution is 0.188. The minimum absolute atomic E-state index is 0.00200. The molecule has 3 heterocycles. The second-order valence-corrected chi connectivity index (χ2v) is 7.92. The van der Waals surface area contributed by atoms with Gasteiger partial charge in [-0.2, -0.15) is 9.29 Å². The predicted molar refractivity (Wildman–Crippen MR) is 81.9 cm³/mol. The van der Waals surface area contributed by atoms with Crippen molar-refractivity contribution in [2.24, 2.45) is 0 Å². The number of benzene rings is 1. The Kier molecular flexibility index (Phi) is 3.59. The van der Waals surface area contributed by atoms with Crippen LogP contribution in [0.25, 0.3) is 0 Å². The van der Waals surface area contributed by atoms with Crippen LogP contribution in [0.5, 0.6) is 5.75 Å². The molecule has 9 heteroatoms. The topological polar surface area (TPSA) is 106 Å². The van der Waals surface area contributed by atoms with Crippen molar-refractivity contribution in [2.45, 2.75) is 36.8 Å². The van der Waals surface area contributed by atoms with Crippen LogP contribution in [0, 0.1) is 6.92 Å². The standard InChI is InChI=1S/C15H17N3O5S/c1-9-16-15(23-17-9)13-7-11(19)8-18(13)24(20,21)12-2-3-14-10(6-12)4-5-22-14/h2-3,6,11,13,19H,4-5,7-8H2,1H3/t11-,13+/m0/s1. The number of fused-ring (bicyclic) bond motifs is 1. The summed E-state index contributed by atoms with van der Waals surface area (Å²) in [5, 5.41) is 13.7. The SMILES string of the molecule is Cc1noc([C@H]2C[C@H](O)CN2S(=O)(=O)c2ccc3c(c2)CCO3)n1. The van der Waals surface area contributed by atoms with Gasteiger partial charge in [0.1, 0.15) is 11.8 Å². The van der Waals surface area contributed by atoms with E-state index in [0.29, 0.717) is 18.9 Å². The number of aliphatic hydroxyl groups excluding tert-OH is 1. The van der Waals surface area contributed by atoms with Crippen LogP contribution in [0.15, 0.2) is 27.6 Å². The van der Waals surface area contributed by atoms with Gasteiger partial charge in [0, 0.05) is 19.4 Å². The third-order valence-electron chi connectivity index (χ3n) is 4.33. The van der Waals surface area contributed by atoms with Crippen molar-refractivity contribution in [3.05, 3.63) is 35.5 Å². The molecule has 0 saturated carbocycles. The first-order chi connectivity index (χ1) is 11.4. The number of hydrogen-bond donors (Lipinski definition) is 1. The van der Waals surface area contributed by atoms with Gasteiger partial charge in [0.05, 0.1) is 17.6 Å². The summed E-state index contributed by atoms with van der Waals surface area (Å²) in [6.07, 6.45) is 0.150. The molecule has 1 fully saturated rings. The molecule has 1 saturated heterocycles. The maximum absolute atomic E-state index is 13.1. The summed E-state index contributed by atoms with van der Waals surface area (Å²) < 4.78 is 37.9. The molecule has 24 heavy (non-hydrogen) atoms. The molecule has 0 unspecified atom stereocenters. The first-order valence-corrected chi connectivity index (χ1v) is 9.15. The van der Waals surface area contributed by atoms with E-state index < -0.39 is 22.2 Å². The van der Waals surface area contributed by atoms with Gasteiger partial charge >= 0.3 is 0 Å². The average molecular weight is 351 g/mol. The lowest BCUT2D eigenvalue weighted by Gasteiger charge is -2.21. The Morgan fingerprint density at radius 3 is 2.96 bits per heavy atom. The Hall–Kier alpha value is -1.97. The molecule has 4 rings (SSSR count). The van der Waals surface area contributed by atoms with Gasteiger partial charge in [0.15, 0.2) is 5.82 Å². The number of ether oxygens (including phenoxy) is 1. The first-order valence-electron chi connectivity index (χ1n) is 7.71. The molecule has 0 radical (unpaired) electrons. The van der Waals surface area contributed by atoms with Crippen molar-refractivity contribution >= 4 is 10.0 Å². The van der Waals surface area contributed by atoms with Gasteiger partial charge in [-0.1, -0.05) is 5.16 Å². The second-order valence-electron chi connectivity index (χ2n) is 6.03. The van der Waals surface area contributed by atoms with Crippen LogP contribution in [-0.2, 0) is 16.4 Å². The highest BCUT2D eigenvalue weighted by molar-refractivity contribution is 7.89. The highest BCUT2D eigenvalue weighted by Crippen LogP contribution is 2.37. The van der Waals surface area contributed by atoms with Crippen LogP contribution < -0.4 is 4.74 Å². The first kappa shape index (κ1) is 15.6. The van der Waals surface area contributed by atoms with E-state index in [1.54, 1.807) is 19.1 Å². The van der Waals surface area contributed by atoms with Crippen LogP contribution in [0.2, 0.25) is 0 Å². The number of aliphatic hydroxyl groups is 1. The van der Waals surface area contributed by atoms with Gasteiger partial charge < -0.3 is 14.4 Å². The summed E-state index contributed by atoms with van der Waals surface area (Å²) in [5.41, 5.74) is 0.876. The lowest BCUT2D eigenvalue weighted by atomic mass is 10.2. The number of aryl methyl sites for hydroxylation is 1. The average Bonchev–Trinajstić information content (AvgIpc) is 3.25. The summed E-state index contributed by atoms with van der Waals surface area (Å²) in [6, 6.07) is 4.18. The van der Waals surface area contributed by atoms with Crippen LogP contribution in [0.3, 0.4) is 0 Å². The molecule has 1 aromatic carbocycles. The van der Waals surface area contributed by atoms with Crippen molar-refractivity contribution in [1.82, 2.24) is 14.4 Å². The molecule has 0 amide bonds.